The Kier molecular flexibility index (Phi) is 5.11. The Labute approximate surface area is 148 Å². The van der Waals surface area contributed by atoms with Crippen LogP contribution in [0.15, 0.2) is 51.7 Å². The number of phenolic OH excluding ortho intramolecular Hbond substituents is 3. The molecule has 0 aliphatic carbocycles. The van der Waals surface area contributed by atoms with Crippen LogP contribution in [0.4, 0.5) is 0 Å². The number of rotatable bonds is 1. The van der Waals surface area contributed by atoms with Crippen LogP contribution >= 0.6 is 0 Å². The lowest BCUT2D eigenvalue weighted by Crippen LogP contribution is -2.11. The van der Waals surface area contributed by atoms with Crippen molar-refractivity contribution in [2.24, 2.45) is 0 Å². The van der Waals surface area contributed by atoms with Crippen molar-refractivity contribution in [1.29, 1.82) is 0 Å². The first-order valence-corrected chi connectivity index (χ1v) is 8.18. The van der Waals surface area contributed by atoms with Gasteiger partial charge in [0.1, 0.15) is 16.7 Å². The van der Waals surface area contributed by atoms with E-state index in [9.17, 15) is 20.1 Å². The van der Waals surface area contributed by atoms with Gasteiger partial charge in [0.05, 0.1) is 0 Å². The second kappa shape index (κ2) is 7.47. The van der Waals surface area contributed by atoms with E-state index in [1.807, 2.05) is 6.07 Å². The SMILES string of the molecule is O=c1cc(-c2ccccc2)oc2cc(O)c(O)c(O)c12.ON1CCCC1. The Hall–Kier alpha value is -3.03. The Morgan fingerprint density at radius 1 is 0.923 bits per heavy atom. The summed E-state index contributed by atoms with van der Waals surface area (Å²) in [5, 5.41) is 38.4. The molecule has 2 aromatic carbocycles. The molecule has 1 saturated heterocycles. The Bertz CT molecular complexity index is 961. The van der Waals surface area contributed by atoms with Crippen LogP contribution in [0.2, 0.25) is 0 Å². The Balaban J connectivity index is 0.000000278. The minimum Gasteiger partial charge on any atom is -0.504 e. The van der Waals surface area contributed by atoms with Gasteiger partial charge in [0.2, 0.25) is 5.75 Å². The van der Waals surface area contributed by atoms with Gasteiger partial charge in [-0.25, -0.2) is 0 Å². The van der Waals surface area contributed by atoms with Crippen LogP contribution in [0.25, 0.3) is 22.3 Å². The minimum absolute atomic E-state index is 0.00385. The van der Waals surface area contributed by atoms with E-state index in [0.717, 1.165) is 32.0 Å². The third-order valence-corrected chi connectivity index (χ3v) is 4.09. The standard InChI is InChI=1S/C15H10O5.C4H9NO/c16-9-6-11(8-4-2-1-3-5-8)20-12-7-10(17)14(18)15(19)13(9)12;6-5-3-1-2-4-5/h1-7,17-19H;6H,1-4H2. The molecule has 7 nitrogen and oxygen atoms in total. The number of hydrogen-bond acceptors (Lipinski definition) is 7. The molecule has 4 rings (SSSR count). The van der Waals surface area contributed by atoms with Gasteiger partial charge in [0.15, 0.2) is 16.9 Å². The number of hydroxylamine groups is 2. The highest BCUT2D eigenvalue weighted by Crippen LogP contribution is 2.40. The zero-order chi connectivity index (χ0) is 18.7. The molecule has 1 fully saturated rings. The first kappa shape index (κ1) is 17.8. The van der Waals surface area contributed by atoms with E-state index in [2.05, 4.69) is 0 Å². The smallest absolute Gasteiger partial charge is 0.201 e. The van der Waals surface area contributed by atoms with Crippen molar-refractivity contribution in [3.8, 4) is 28.6 Å². The molecule has 1 aliphatic rings. The van der Waals surface area contributed by atoms with Crippen LogP contribution in [0.3, 0.4) is 0 Å². The Morgan fingerprint density at radius 2 is 1.58 bits per heavy atom. The zero-order valence-corrected chi connectivity index (χ0v) is 13.9. The van der Waals surface area contributed by atoms with E-state index in [-0.39, 0.29) is 11.0 Å². The summed E-state index contributed by atoms with van der Waals surface area (Å²) in [7, 11) is 0. The van der Waals surface area contributed by atoms with Gasteiger partial charge in [0, 0.05) is 30.8 Å². The predicted molar refractivity (Wildman–Crippen MR) is 95.5 cm³/mol. The summed E-state index contributed by atoms with van der Waals surface area (Å²) in [5.41, 5.74) is 0.195. The van der Waals surface area contributed by atoms with Crippen LogP contribution in [0, 0.1) is 0 Å². The second-order valence-corrected chi connectivity index (χ2v) is 5.97. The second-order valence-electron chi connectivity index (χ2n) is 5.97. The summed E-state index contributed by atoms with van der Waals surface area (Å²) in [6.45, 7) is 1.75. The summed E-state index contributed by atoms with van der Waals surface area (Å²) >= 11 is 0. The number of benzene rings is 2. The number of aromatic hydroxyl groups is 3. The van der Waals surface area contributed by atoms with E-state index >= 15 is 0 Å². The van der Waals surface area contributed by atoms with Crippen molar-refractivity contribution >= 4 is 11.0 Å². The maximum Gasteiger partial charge on any atom is 0.201 e. The van der Waals surface area contributed by atoms with Crippen LogP contribution in [-0.4, -0.2) is 38.7 Å². The van der Waals surface area contributed by atoms with E-state index in [1.54, 1.807) is 24.3 Å². The van der Waals surface area contributed by atoms with Crippen molar-refractivity contribution in [3.63, 3.8) is 0 Å². The van der Waals surface area contributed by atoms with Crippen LogP contribution < -0.4 is 5.43 Å². The number of hydrogen-bond donors (Lipinski definition) is 4. The van der Waals surface area contributed by atoms with Gasteiger partial charge in [-0.15, -0.1) is 0 Å². The summed E-state index contributed by atoms with van der Waals surface area (Å²) in [6.07, 6.45) is 2.33. The van der Waals surface area contributed by atoms with Gasteiger partial charge in [-0.1, -0.05) is 30.3 Å². The molecule has 1 aromatic heterocycles. The fourth-order valence-corrected chi connectivity index (χ4v) is 2.72. The maximum absolute atomic E-state index is 12.0. The van der Waals surface area contributed by atoms with Crippen molar-refractivity contribution in [3.05, 3.63) is 52.7 Å². The van der Waals surface area contributed by atoms with Crippen molar-refractivity contribution in [2.45, 2.75) is 12.8 Å². The minimum atomic E-state index is -0.739. The normalized spacial score (nSPS) is 14.2. The molecule has 26 heavy (non-hydrogen) atoms. The van der Waals surface area contributed by atoms with Gasteiger partial charge < -0.3 is 24.9 Å². The molecular weight excluding hydrogens is 338 g/mol. The van der Waals surface area contributed by atoms with E-state index < -0.39 is 22.7 Å². The summed E-state index contributed by atoms with van der Waals surface area (Å²) < 4.78 is 5.51. The highest BCUT2D eigenvalue weighted by atomic mass is 16.5. The number of fused-ring (bicyclic) bond motifs is 1. The molecule has 0 radical (unpaired) electrons. The van der Waals surface area contributed by atoms with Gasteiger partial charge in [-0.2, -0.15) is 5.06 Å². The lowest BCUT2D eigenvalue weighted by molar-refractivity contribution is -0.0678. The molecule has 0 saturated carbocycles. The fraction of sp³-hybridized carbons (Fsp3) is 0.211. The largest absolute Gasteiger partial charge is 0.504 e. The Morgan fingerprint density at radius 3 is 2.15 bits per heavy atom. The first-order chi connectivity index (χ1) is 12.5. The van der Waals surface area contributed by atoms with Crippen LogP contribution in [-0.2, 0) is 0 Å². The highest BCUT2D eigenvalue weighted by Gasteiger charge is 2.17. The lowest BCUT2D eigenvalue weighted by Gasteiger charge is -2.06. The molecule has 1 aliphatic heterocycles. The quantitative estimate of drug-likeness (QED) is 0.495. The zero-order valence-electron chi connectivity index (χ0n) is 13.9. The molecule has 0 bridgehead atoms. The van der Waals surface area contributed by atoms with Crippen molar-refractivity contribution < 1.29 is 24.9 Å². The van der Waals surface area contributed by atoms with E-state index in [0.29, 0.717) is 11.3 Å². The summed E-state index contributed by atoms with van der Waals surface area (Å²) in [4.78, 5) is 12.0. The van der Waals surface area contributed by atoms with Gasteiger partial charge >= 0.3 is 0 Å². The molecular formula is C19H19NO6. The predicted octanol–water partition coefficient (Wildman–Crippen LogP) is 3.05. The summed E-state index contributed by atoms with van der Waals surface area (Å²) in [5.74, 6) is -1.67. The van der Waals surface area contributed by atoms with Gasteiger partial charge in [0.25, 0.3) is 0 Å². The molecule has 136 valence electrons. The third-order valence-electron chi connectivity index (χ3n) is 4.09. The van der Waals surface area contributed by atoms with Gasteiger partial charge in [-0.05, 0) is 12.8 Å². The lowest BCUT2D eigenvalue weighted by atomic mass is 10.1. The molecule has 2 heterocycles. The first-order valence-electron chi connectivity index (χ1n) is 8.18. The molecule has 0 amide bonds. The molecule has 4 N–H and O–H groups in total. The summed E-state index contributed by atoms with van der Waals surface area (Å²) in [6, 6.07) is 11.3. The maximum atomic E-state index is 12.0. The van der Waals surface area contributed by atoms with E-state index in [4.69, 9.17) is 9.62 Å². The fourth-order valence-electron chi connectivity index (χ4n) is 2.72. The average molecular weight is 357 g/mol. The average Bonchev–Trinajstić information content (AvgIpc) is 3.11. The molecule has 0 unspecified atom stereocenters. The van der Waals surface area contributed by atoms with E-state index in [1.165, 1.54) is 11.1 Å². The molecule has 0 spiro atoms. The number of phenols is 3. The van der Waals surface area contributed by atoms with Crippen LogP contribution in [0.5, 0.6) is 17.2 Å². The topological polar surface area (TPSA) is 114 Å². The third kappa shape index (κ3) is 3.63. The van der Waals surface area contributed by atoms with Crippen molar-refractivity contribution in [2.75, 3.05) is 13.1 Å². The van der Waals surface area contributed by atoms with Crippen molar-refractivity contribution in [1.82, 2.24) is 5.06 Å². The monoisotopic (exact) mass is 357 g/mol. The van der Waals surface area contributed by atoms with Gasteiger partial charge in [-0.3, -0.25) is 4.79 Å². The molecule has 7 heteroatoms. The molecule has 0 atom stereocenters. The number of nitrogens with zero attached hydrogens (tertiary/aromatic N) is 1. The van der Waals surface area contributed by atoms with Crippen LogP contribution in [0.1, 0.15) is 12.8 Å². The molecule has 3 aromatic rings. The highest BCUT2D eigenvalue weighted by molar-refractivity contribution is 5.89.